The summed E-state index contributed by atoms with van der Waals surface area (Å²) in [6.45, 7) is 8.73. The van der Waals surface area contributed by atoms with Gasteiger partial charge >= 0.3 is 0 Å². The second-order valence-corrected chi connectivity index (χ2v) is 6.34. The van der Waals surface area contributed by atoms with Gasteiger partial charge in [-0.2, -0.15) is 0 Å². The fourth-order valence-corrected chi connectivity index (χ4v) is 2.25. The van der Waals surface area contributed by atoms with E-state index < -0.39 is 0 Å². The van der Waals surface area contributed by atoms with Crippen molar-refractivity contribution in [1.82, 2.24) is 10.3 Å². The van der Waals surface area contributed by atoms with E-state index in [0.717, 1.165) is 24.9 Å². The molecule has 0 radical (unpaired) electrons. The lowest BCUT2D eigenvalue weighted by Crippen LogP contribution is -2.21. The summed E-state index contributed by atoms with van der Waals surface area (Å²) in [4.78, 5) is 7.11. The Balaban J connectivity index is 2.11. The van der Waals surface area contributed by atoms with E-state index in [-0.39, 0.29) is 0 Å². The summed E-state index contributed by atoms with van der Waals surface area (Å²) in [5.41, 5.74) is 2.58. The zero-order valence-corrected chi connectivity index (χ0v) is 13.4. The Morgan fingerprint density at radius 3 is 2.70 bits per heavy atom. The minimum Gasteiger partial charge on any atom is -0.360 e. The number of anilines is 1. The Morgan fingerprint density at radius 1 is 1.35 bits per heavy atom. The summed E-state index contributed by atoms with van der Waals surface area (Å²) in [6, 6.07) is 5.26. The molecule has 112 valence electrons. The third-order valence-electron chi connectivity index (χ3n) is 3.89. The molecule has 0 amide bonds. The highest BCUT2D eigenvalue weighted by Gasteiger charge is 2.20. The van der Waals surface area contributed by atoms with Crippen LogP contribution in [0.4, 0.5) is 5.82 Å². The minimum absolute atomic E-state index is 0.481. The molecule has 0 unspecified atom stereocenters. The molecule has 0 spiro atoms. The van der Waals surface area contributed by atoms with Crippen molar-refractivity contribution in [3.63, 3.8) is 0 Å². The second kappa shape index (κ2) is 7.07. The highest BCUT2D eigenvalue weighted by molar-refractivity contribution is 5.42. The van der Waals surface area contributed by atoms with Crippen molar-refractivity contribution in [2.75, 3.05) is 18.5 Å². The van der Waals surface area contributed by atoms with Gasteiger partial charge in [0.2, 0.25) is 0 Å². The molecule has 3 heteroatoms. The van der Waals surface area contributed by atoms with E-state index in [0.29, 0.717) is 5.92 Å². The monoisotopic (exact) mass is 275 g/mol. The molecule has 0 aromatic carbocycles. The van der Waals surface area contributed by atoms with Crippen LogP contribution in [0.3, 0.4) is 0 Å². The molecule has 1 fully saturated rings. The van der Waals surface area contributed by atoms with Gasteiger partial charge in [0, 0.05) is 31.9 Å². The highest BCUT2D eigenvalue weighted by atomic mass is 15.2. The van der Waals surface area contributed by atoms with E-state index in [9.17, 15) is 0 Å². The van der Waals surface area contributed by atoms with Gasteiger partial charge in [0.1, 0.15) is 5.82 Å². The SMILES string of the molecule is CCCCN(C)c1cc(CNC2CC2)cc(C(C)C)n1. The molecular weight excluding hydrogens is 246 g/mol. The van der Waals surface area contributed by atoms with Crippen molar-refractivity contribution in [1.29, 1.82) is 0 Å². The van der Waals surface area contributed by atoms with Crippen LogP contribution >= 0.6 is 0 Å². The Hall–Kier alpha value is -1.09. The molecule has 1 aliphatic carbocycles. The lowest BCUT2D eigenvalue weighted by atomic mass is 10.1. The number of unbranched alkanes of at least 4 members (excludes halogenated alkanes) is 1. The molecule has 1 saturated carbocycles. The molecule has 0 bridgehead atoms. The number of pyridine rings is 1. The predicted molar refractivity (Wildman–Crippen MR) is 86.4 cm³/mol. The predicted octanol–water partition coefficient (Wildman–Crippen LogP) is 3.69. The van der Waals surface area contributed by atoms with Gasteiger partial charge in [-0.25, -0.2) is 4.98 Å². The first kappa shape index (κ1) is 15.3. The van der Waals surface area contributed by atoms with E-state index in [1.807, 2.05) is 0 Å². The minimum atomic E-state index is 0.481. The first-order chi connectivity index (χ1) is 9.60. The maximum absolute atomic E-state index is 4.83. The van der Waals surface area contributed by atoms with Crippen LogP contribution in [0.2, 0.25) is 0 Å². The van der Waals surface area contributed by atoms with Crippen LogP contribution in [-0.4, -0.2) is 24.6 Å². The maximum atomic E-state index is 4.83. The smallest absolute Gasteiger partial charge is 0.128 e. The van der Waals surface area contributed by atoms with Gasteiger partial charge in [0.05, 0.1) is 0 Å². The van der Waals surface area contributed by atoms with Gasteiger partial charge < -0.3 is 10.2 Å². The number of nitrogens with zero attached hydrogens (tertiary/aromatic N) is 2. The first-order valence-corrected chi connectivity index (χ1v) is 8.05. The molecule has 1 aliphatic rings. The van der Waals surface area contributed by atoms with E-state index in [1.165, 1.54) is 36.9 Å². The summed E-state index contributed by atoms with van der Waals surface area (Å²) in [7, 11) is 2.15. The third kappa shape index (κ3) is 4.48. The van der Waals surface area contributed by atoms with Crippen molar-refractivity contribution in [2.45, 2.75) is 65.0 Å². The Bertz CT molecular complexity index is 424. The zero-order valence-electron chi connectivity index (χ0n) is 13.4. The molecule has 1 aromatic heterocycles. The molecule has 0 aliphatic heterocycles. The molecular formula is C17H29N3. The highest BCUT2D eigenvalue weighted by Crippen LogP contribution is 2.22. The second-order valence-electron chi connectivity index (χ2n) is 6.34. The van der Waals surface area contributed by atoms with Crippen LogP contribution in [0, 0.1) is 0 Å². The molecule has 0 saturated heterocycles. The quantitative estimate of drug-likeness (QED) is 0.784. The Morgan fingerprint density at radius 2 is 2.10 bits per heavy atom. The fraction of sp³-hybridized carbons (Fsp3) is 0.706. The van der Waals surface area contributed by atoms with E-state index in [1.54, 1.807) is 0 Å². The number of nitrogens with one attached hydrogen (secondary N) is 1. The van der Waals surface area contributed by atoms with Crippen LogP contribution in [-0.2, 0) is 6.54 Å². The van der Waals surface area contributed by atoms with Gasteiger partial charge in [-0.15, -0.1) is 0 Å². The van der Waals surface area contributed by atoms with Crippen LogP contribution < -0.4 is 10.2 Å². The van der Waals surface area contributed by atoms with Crippen molar-refractivity contribution >= 4 is 5.82 Å². The molecule has 2 rings (SSSR count). The van der Waals surface area contributed by atoms with Gasteiger partial charge in [0.15, 0.2) is 0 Å². The average Bonchev–Trinajstić information content (AvgIpc) is 3.26. The summed E-state index contributed by atoms with van der Waals surface area (Å²) < 4.78 is 0. The number of hydrogen-bond donors (Lipinski definition) is 1. The third-order valence-corrected chi connectivity index (χ3v) is 3.89. The number of hydrogen-bond acceptors (Lipinski definition) is 3. The van der Waals surface area contributed by atoms with E-state index in [4.69, 9.17) is 4.98 Å². The van der Waals surface area contributed by atoms with Crippen molar-refractivity contribution in [2.24, 2.45) is 0 Å². The van der Waals surface area contributed by atoms with Crippen LogP contribution in [0.5, 0.6) is 0 Å². The Kier molecular flexibility index (Phi) is 5.41. The summed E-state index contributed by atoms with van der Waals surface area (Å²) in [5.74, 6) is 1.60. The van der Waals surface area contributed by atoms with E-state index in [2.05, 4.69) is 50.2 Å². The molecule has 20 heavy (non-hydrogen) atoms. The average molecular weight is 275 g/mol. The molecule has 1 heterocycles. The molecule has 3 nitrogen and oxygen atoms in total. The molecule has 1 aromatic rings. The van der Waals surface area contributed by atoms with Crippen LogP contribution in [0.15, 0.2) is 12.1 Å². The van der Waals surface area contributed by atoms with Crippen molar-refractivity contribution in [3.05, 3.63) is 23.4 Å². The van der Waals surface area contributed by atoms with Gasteiger partial charge in [0.25, 0.3) is 0 Å². The van der Waals surface area contributed by atoms with Gasteiger partial charge in [-0.3, -0.25) is 0 Å². The molecule has 1 N–H and O–H groups in total. The van der Waals surface area contributed by atoms with Crippen molar-refractivity contribution in [3.8, 4) is 0 Å². The summed E-state index contributed by atoms with van der Waals surface area (Å²) in [5, 5.41) is 3.60. The van der Waals surface area contributed by atoms with Crippen molar-refractivity contribution < 1.29 is 0 Å². The van der Waals surface area contributed by atoms with Gasteiger partial charge in [-0.05, 0) is 42.9 Å². The van der Waals surface area contributed by atoms with Crippen LogP contribution in [0.25, 0.3) is 0 Å². The summed E-state index contributed by atoms with van der Waals surface area (Å²) >= 11 is 0. The maximum Gasteiger partial charge on any atom is 0.128 e. The largest absolute Gasteiger partial charge is 0.360 e. The fourth-order valence-electron chi connectivity index (χ4n) is 2.25. The summed E-state index contributed by atoms with van der Waals surface area (Å²) in [6.07, 6.45) is 5.13. The lowest BCUT2D eigenvalue weighted by molar-refractivity contribution is 0.682. The zero-order chi connectivity index (χ0) is 14.5. The Labute approximate surface area is 123 Å². The first-order valence-electron chi connectivity index (χ1n) is 8.05. The normalized spacial score (nSPS) is 14.8. The number of rotatable bonds is 8. The van der Waals surface area contributed by atoms with E-state index >= 15 is 0 Å². The van der Waals surface area contributed by atoms with Crippen LogP contribution in [0.1, 0.15) is 63.6 Å². The lowest BCUT2D eigenvalue weighted by Gasteiger charge is -2.20. The molecule has 0 atom stereocenters. The standard InChI is InChI=1S/C17H29N3/c1-5-6-9-20(4)17-11-14(12-18-15-7-8-15)10-16(19-17)13(2)3/h10-11,13,15,18H,5-9,12H2,1-4H3. The van der Waals surface area contributed by atoms with Gasteiger partial charge in [-0.1, -0.05) is 27.2 Å². The number of aromatic nitrogens is 1. The topological polar surface area (TPSA) is 28.2 Å².